The normalized spacial score (nSPS) is 14.6. The Morgan fingerprint density at radius 3 is 2.40 bits per heavy atom. The first kappa shape index (κ1) is 21.0. The monoisotopic (exact) mass is 419 g/mol. The van der Waals surface area contributed by atoms with Gasteiger partial charge in [0.2, 0.25) is 0 Å². The van der Waals surface area contributed by atoms with Crippen LogP contribution in [0.1, 0.15) is 57.7 Å². The number of benzene rings is 2. The Morgan fingerprint density at radius 2 is 1.73 bits per heavy atom. The lowest BCUT2D eigenvalue weighted by atomic mass is 9.96. The summed E-state index contributed by atoms with van der Waals surface area (Å²) in [6, 6.07) is 16.9. The molecule has 1 aliphatic carbocycles. The Hall–Kier alpha value is -2.30. The number of aliphatic hydroxyl groups excluding tert-OH is 1. The number of rotatable bonds is 8. The van der Waals surface area contributed by atoms with E-state index in [0.717, 1.165) is 46.8 Å². The van der Waals surface area contributed by atoms with Crippen LogP contribution in [0, 0.1) is 19.8 Å². The Bertz CT molecular complexity index is 997. The van der Waals surface area contributed by atoms with Gasteiger partial charge in [0.1, 0.15) is 5.01 Å². The van der Waals surface area contributed by atoms with E-state index in [1.807, 2.05) is 19.1 Å². The van der Waals surface area contributed by atoms with Crippen LogP contribution in [-0.2, 0) is 12.8 Å². The number of hydrogen-bond acceptors (Lipinski definition) is 4. The molecule has 0 saturated heterocycles. The van der Waals surface area contributed by atoms with Crippen molar-refractivity contribution in [1.82, 2.24) is 4.98 Å². The highest BCUT2D eigenvalue weighted by Crippen LogP contribution is 2.31. The van der Waals surface area contributed by atoms with Gasteiger partial charge in [-0.3, -0.25) is 4.79 Å². The Labute approximate surface area is 182 Å². The lowest BCUT2D eigenvalue weighted by Crippen LogP contribution is -2.12. The number of fused-ring (bicyclic) bond motifs is 1. The van der Waals surface area contributed by atoms with Crippen LogP contribution >= 0.6 is 11.3 Å². The first-order chi connectivity index (χ1) is 14.5. The van der Waals surface area contributed by atoms with Gasteiger partial charge in [0, 0.05) is 12.0 Å². The van der Waals surface area contributed by atoms with E-state index in [1.54, 1.807) is 0 Å². The predicted octanol–water partition coefficient (Wildman–Crippen LogP) is 5.95. The van der Waals surface area contributed by atoms with Crippen LogP contribution in [0.2, 0.25) is 0 Å². The minimum atomic E-state index is -0.414. The van der Waals surface area contributed by atoms with Crippen LogP contribution in [0.4, 0.5) is 0 Å². The van der Waals surface area contributed by atoms with Crippen molar-refractivity contribution in [2.45, 2.75) is 58.5 Å². The van der Waals surface area contributed by atoms with E-state index in [4.69, 9.17) is 0 Å². The Morgan fingerprint density at radius 1 is 1.07 bits per heavy atom. The third-order valence-electron chi connectivity index (χ3n) is 6.10. The molecule has 1 aromatic heterocycles. The van der Waals surface area contributed by atoms with Crippen LogP contribution in [0.5, 0.6) is 0 Å². The van der Waals surface area contributed by atoms with Gasteiger partial charge in [-0.25, -0.2) is 4.98 Å². The summed E-state index contributed by atoms with van der Waals surface area (Å²) >= 11 is 1.46. The van der Waals surface area contributed by atoms with Gasteiger partial charge in [-0.2, -0.15) is 0 Å². The molecule has 2 aromatic carbocycles. The van der Waals surface area contributed by atoms with Crippen molar-refractivity contribution in [3.05, 3.63) is 75.8 Å². The highest BCUT2D eigenvalue weighted by atomic mass is 32.1. The molecule has 1 aliphatic rings. The lowest BCUT2D eigenvalue weighted by molar-refractivity contribution is 0.0930. The van der Waals surface area contributed by atoms with E-state index in [0.29, 0.717) is 18.8 Å². The summed E-state index contributed by atoms with van der Waals surface area (Å²) in [5.74, 6) is 0.712. The molecule has 0 unspecified atom stereocenters. The number of thiazole rings is 1. The molecule has 0 fully saturated rings. The second-order valence-electron chi connectivity index (χ2n) is 8.54. The van der Waals surface area contributed by atoms with Crippen molar-refractivity contribution in [2.75, 3.05) is 0 Å². The van der Waals surface area contributed by atoms with Gasteiger partial charge in [-0.1, -0.05) is 54.1 Å². The average Bonchev–Trinajstić information content (AvgIpc) is 3.34. The fraction of sp³-hybridized carbons (Fsp3) is 0.385. The number of carbonyl (C=O) groups is 1. The van der Waals surface area contributed by atoms with Crippen LogP contribution in [0.15, 0.2) is 48.5 Å². The first-order valence-electron chi connectivity index (χ1n) is 10.8. The third-order valence-corrected chi connectivity index (χ3v) is 7.34. The molecule has 0 bridgehead atoms. The molecule has 30 heavy (non-hydrogen) atoms. The molecule has 1 heterocycles. The van der Waals surface area contributed by atoms with Gasteiger partial charge in [0.15, 0.2) is 5.78 Å². The third kappa shape index (κ3) is 4.88. The summed E-state index contributed by atoms with van der Waals surface area (Å²) in [7, 11) is 0. The predicted molar refractivity (Wildman–Crippen MR) is 123 cm³/mol. The molecule has 4 rings (SSSR count). The Kier molecular flexibility index (Phi) is 6.45. The van der Waals surface area contributed by atoms with Crippen molar-refractivity contribution >= 4 is 17.1 Å². The van der Waals surface area contributed by atoms with Gasteiger partial charge >= 0.3 is 0 Å². The molecule has 0 spiro atoms. The van der Waals surface area contributed by atoms with Crippen molar-refractivity contribution in [3.8, 4) is 10.6 Å². The molecule has 0 aliphatic heterocycles. The maximum Gasteiger partial charge on any atom is 0.174 e. The second kappa shape index (κ2) is 9.23. The van der Waals surface area contributed by atoms with Crippen molar-refractivity contribution in [2.24, 2.45) is 5.92 Å². The number of aromatic nitrogens is 1. The summed E-state index contributed by atoms with van der Waals surface area (Å²) in [4.78, 5) is 18.1. The summed E-state index contributed by atoms with van der Waals surface area (Å²) in [6.45, 7) is 3.96. The van der Waals surface area contributed by atoms with E-state index >= 15 is 0 Å². The second-order valence-corrected chi connectivity index (χ2v) is 9.53. The zero-order valence-corrected chi connectivity index (χ0v) is 18.5. The molecule has 0 saturated carbocycles. The van der Waals surface area contributed by atoms with Gasteiger partial charge in [-0.15, -0.1) is 11.3 Å². The van der Waals surface area contributed by atoms with E-state index in [1.165, 1.54) is 28.0 Å². The molecule has 4 heteroatoms. The topological polar surface area (TPSA) is 50.2 Å². The number of nitrogens with zero attached hydrogens (tertiary/aromatic N) is 1. The quantitative estimate of drug-likeness (QED) is 0.459. The largest absolute Gasteiger partial charge is 0.393 e. The van der Waals surface area contributed by atoms with Crippen molar-refractivity contribution in [1.29, 1.82) is 0 Å². The summed E-state index contributed by atoms with van der Waals surface area (Å²) in [6.07, 6.45) is 4.50. The van der Waals surface area contributed by atoms with Crippen molar-refractivity contribution < 1.29 is 9.90 Å². The molecular weight excluding hydrogens is 390 g/mol. The molecule has 3 aromatic rings. The summed E-state index contributed by atoms with van der Waals surface area (Å²) in [5, 5.41) is 11.3. The van der Waals surface area contributed by atoms with E-state index < -0.39 is 6.10 Å². The number of carbonyl (C=O) groups excluding carboxylic acids is 1. The molecule has 0 amide bonds. The molecule has 3 nitrogen and oxygen atoms in total. The minimum absolute atomic E-state index is 0.0932. The molecule has 1 N–H and O–H groups in total. The Balaban J connectivity index is 1.27. The van der Waals surface area contributed by atoms with E-state index in [9.17, 15) is 9.90 Å². The zero-order valence-electron chi connectivity index (χ0n) is 17.7. The smallest absolute Gasteiger partial charge is 0.174 e. The van der Waals surface area contributed by atoms with E-state index in [2.05, 4.69) is 48.3 Å². The lowest BCUT2D eigenvalue weighted by Gasteiger charge is -2.13. The highest BCUT2D eigenvalue weighted by Gasteiger charge is 2.22. The fourth-order valence-electron chi connectivity index (χ4n) is 4.31. The van der Waals surface area contributed by atoms with Gasteiger partial charge in [0.25, 0.3) is 0 Å². The molecular formula is C26H29NO2S. The molecule has 156 valence electrons. The number of aryl methyl sites for hydroxylation is 2. The fourth-order valence-corrected chi connectivity index (χ4v) is 5.35. The number of hydrogen-bond donors (Lipinski definition) is 1. The van der Waals surface area contributed by atoms with Crippen LogP contribution in [-0.4, -0.2) is 22.0 Å². The number of aliphatic hydroxyl groups is 1. The van der Waals surface area contributed by atoms with Crippen molar-refractivity contribution in [3.63, 3.8) is 0 Å². The van der Waals surface area contributed by atoms with Gasteiger partial charge in [0.05, 0.1) is 16.7 Å². The average molecular weight is 420 g/mol. The van der Waals surface area contributed by atoms with Gasteiger partial charge < -0.3 is 5.11 Å². The van der Waals surface area contributed by atoms with Crippen LogP contribution < -0.4 is 0 Å². The number of Topliss-reactive ketones (excluding diaryl/α,β-unsaturated/α-hetero) is 1. The first-order valence-corrected chi connectivity index (χ1v) is 11.6. The SMILES string of the molecule is Cc1ccc(-c2nc(C)c(C(=O)CC[C@H](O)CCC3Cc4ccccc4C3)s2)cc1. The maximum atomic E-state index is 12.7. The van der Waals surface area contributed by atoms with Crippen LogP contribution in [0.3, 0.4) is 0 Å². The maximum absolute atomic E-state index is 12.7. The zero-order chi connectivity index (χ0) is 21.1. The highest BCUT2D eigenvalue weighted by molar-refractivity contribution is 7.17. The molecule has 0 radical (unpaired) electrons. The summed E-state index contributed by atoms with van der Waals surface area (Å²) in [5.41, 5.74) is 5.96. The van der Waals surface area contributed by atoms with E-state index in [-0.39, 0.29) is 5.78 Å². The number of ketones is 1. The van der Waals surface area contributed by atoms with Gasteiger partial charge in [-0.05, 0) is 63.0 Å². The minimum Gasteiger partial charge on any atom is -0.393 e. The van der Waals surface area contributed by atoms with Crippen LogP contribution in [0.25, 0.3) is 10.6 Å². The summed E-state index contributed by atoms with van der Waals surface area (Å²) < 4.78 is 0. The standard InChI is InChI=1S/C26H29NO2S/c1-17-7-10-20(11-8-17)26-27-18(2)25(30-26)24(29)14-13-23(28)12-9-19-15-21-5-3-4-6-22(21)16-19/h3-8,10-11,19,23,28H,9,12-16H2,1-2H3/t23-/m1/s1. The molecule has 1 atom stereocenters.